The molecular formula is C13H14O4. The predicted molar refractivity (Wildman–Crippen MR) is 62.6 cm³/mol. The molecule has 0 bridgehead atoms. The van der Waals surface area contributed by atoms with E-state index in [-0.39, 0.29) is 0 Å². The van der Waals surface area contributed by atoms with Crippen LogP contribution in [0.1, 0.15) is 17.3 Å². The number of aliphatic carboxylic acids is 1. The van der Waals surface area contributed by atoms with Gasteiger partial charge in [-0.1, -0.05) is 30.9 Å². The number of carboxylic acid groups (broad SMARTS) is 1. The van der Waals surface area contributed by atoms with Crippen LogP contribution in [0.3, 0.4) is 0 Å². The summed E-state index contributed by atoms with van der Waals surface area (Å²) in [6.07, 6.45) is 0.486. The lowest BCUT2D eigenvalue weighted by Crippen LogP contribution is -2.28. The molecule has 0 amide bonds. The van der Waals surface area contributed by atoms with Crippen molar-refractivity contribution in [3.05, 3.63) is 48.6 Å². The van der Waals surface area contributed by atoms with E-state index >= 15 is 0 Å². The molecule has 1 N–H and O–H groups in total. The predicted octanol–water partition coefficient (Wildman–Crippen LogP) is 2.12. The van der Waals surface area contributed by atoms with Gasteiger partial charge in [0.25, 0.3) is 0 Å². The van der Waals surface area contributed by atoms with Gasteiger partial charge in [0, 0.05) is 0 Å². The Balaban J connectivity index is 2.73. The molecule has 0 heterocycles. The molecule has 0 aliphatic carbocycles. The Morgan fingerprint density at radius 3 is 2.41 bits per heavy atom. The van der Waals surface area contributed by atoms with Gasteiger partial charge in [-0.15, -0.1) is 0 Å². The Morgan fingerprint density at radius 2 is 1.94 bits per heavy atom. The second-order valence-electron chi connectivity index (χ2n) is 3.60. The van der Waals surface area contributed by atoms with E-state index in [0.717, 1.165) is 0 Å². The molecule has 0 fully saturated rings. The molecule has 1 rings (SSSR count). The molecule has 0 saturated heterocycles. The molecule has 0 unspecified atom stereocenters. The van der Waals surface area contributed by atoms with E-state index in [1.165, 1.54) is 13.0 Å². The Kier molecular flexibility index (Phi) is 4.46. The van der Waals surface area contributed by atoms with Gasteiger partial charge < -0.3 is 9.84 Å². The molecule has 1 aromatic rings. The fourth-order valence-corrected chi connectivity index (χ4v) is 1.26. The summed E-state index contributed by atoms with van der Waals surface area (Å²) in [5.74, 6) is -2.40. The van der Waals surface area contributed by atoms with Gasteiger partial charge in [-0.25, -0.2) is 4.79 Å². The smallest absolute Gasteiger partial charge is 0.338 e. The average Bonchev–Trinajstić information content (AvgIpc) is 2.35. The van der Waals surface area contributed by atoms with Gasteiger partial charge in [-0.3, -0.25) is 4.79 Å². The quantitative estimate of drug-likeness (QED) is 0.626. The average molecular weight is 234 g/mol. The minimum absolute atomic E-state index is 0.386. The zero-order chi connectivity index (χ0) is 12.8. The van der Waals surface area contributed by atoms with Crippen LogP contribution in [0.2, 0.25) is 0 Å². The third-order valence-electron chi connectivity index (χ3n) is 2.37. The second kappa shape index (κ2) is 5.84. The summed E-state index contributed by atoms with van der Waals surface area (Å²) in [6.45, 7) is 4.94. The maximum absolute atomic E-state index is 11.7. The summed E-state index contributed by atoms with van der Waals surface area (Å²) < 4.78 is 5.07. The van der Waals surface area contributed by atoms with Gasteiger partial charge >= 0.3 is 11.9 Å². The third-order valence-corrected chi connectivity index (χ3v) is 2.37. The van der Waals surface area contributed by atoms with Crippen LogP contribution in [-0.4, -0.2) is 23.1 Å². The zero-order valence-corrected chi connectivity index (χ0v) is 9.50. The summed E-state index contributed by atoms with van der Waals surface area (Å²) in [4.78, 5) is 22.5. The second-order valence-corrected chi connectivity index (χ2v) is 3.60. The Morgan fingerprint density at radius 1 is 1.35 bits per heavy atom. The summed E-state index contributed by atoms with van der Waals surface area (Å²) in [5, 5.41) is 8.83. The van der Waals surface area contributed by atoms with Crippen LogP contribution >= 0.6 is 0 Å². The summed E-state index contributed by atoms with van der Waals surface area (Å²) in [6, 6.07) is 8.41. The first-order chi connectivity index (χ1) is 8.06. The van der Waals surface area contributed by atoms with Crippen LogP contribution in [0.15, 0.2) is 43.0 Å². The molecule has 0 aliphatic heterocycles. The highest BCUT2D eigenvalue weighted by molar-refractivity contribution is 5.89. The minimum Gasteiger partial charge on any atom is -0.481 e. The molecule has 4 nitrogen and oxygen atoms in total. The molecule has 90 valence electrons. The number of benzene rings is 1. The fourth-order valence-electron chi connectivity index (χ4n) is 1.26. The van der Waals surface area contributed by atoms with E-state index in [0.29, 0.717) is 5.56 Å². The van der Waals surface area contributed by atoms with Crippen LogP contribution < -0.4 is 0 Å². The number of carboxylic acids is 1. The van der Waals surface area contributed by atoms with Crippen molar-refractivity contribution in [1.29, 1.82) is 0 Å². The van der Waals surface area contributed by atoms with Gasteiger partial charge in [0.1, 0.15) is 6.10 Å². The van der Waals surface area contributed by atoms with Crippen LogP contribution in [0.25, 0.3) is 0 Å². The van der Waals surface area contributed by atoms with Crippen molar-refractivity contribution in [3.8, 4) is 0 Å². The van der Waals surface area contributed by atoms with E-state index in [4.69, 9.17) is 9.84 Å². The van der Waals surface area contributed by atoms with Crippen molar-refractivity contribution in [2.24, 2.45) is 5.92 Å². The zero-order valence-electron chi connectivity index (χ0n) is 9.50. The molecule has 0 aliphatic rings. The lowest BCUT2D eigenvalue weighted by molar-refractivity contribution is -0.143. The minimum atomic E-state index is -1.03. The van der Waals surface area contributed by atoms with Crippen molar-refractivity contribution in [2.45, 2.75) is 13.0 Å². The maximum atomic E-state index is 11.7. The summed E-state index contributed by atoms with van der Waals surface area (Å²) in [7, 11) is 0. The highest BCUT2D eigenvalue weighted by Gasteiger charge is 2.24. The molecule has 4 heteroatoms. The highest BCUT2D eigenvalue weighted by atomic mass is 16.5. The fraction of sp³-hybridized carbons (Fsp3) is 0.231. The SMILES string of the molecule is C=C[C@@H](OC(=O)c1ccccc1)[C@@H](C)C(=O)O. The van der Waals surface area contributed by atoms with Gasteiger partial charge in [0.2, 0.25) is 0 Å². The van der Waals surface area contributed by atoms with E-state index in [1.54, 1.807) is 30.3 Å². The third kappa shape index (κ3) is 3.45. The van der Waals surface area contributed by atoms with E-state index in [1.807, 2.05) is 0 Å². The lowest BCUT2D eigenvalue weighted by Gasteiger charge is -2.17. The molecule has 0 saturated carbocycles. The molecule has 0 radical (unpaired) electrons. The Labute approximate surface area is 99.5 Å². The van der Waals surface area contributed by atoms with Crippen LogP contribution in [0.5, 0.6) is 0 Å². The lowest BCUT2D eigenvalue weighted by atomic mass is 10.1. The van der Waals surface area contributed by atoms with Crippen LogP contribution in [0, 0.1) is 5.92 Å². The number of ether oxygens (including phenoxy) is 1. The van der Waals surface area contributed by atoms with Crippen molar-refractivity contribution < 1.29 is 19.4 Å². The Hall–Kier alpha value is -2.10. The molecule has 1 aromatic carbocycles. The van der Waals surface area contributed by atoms with Gasteiger partial charge in [-0.2, -0.15) is 0 Å². The number of esters is 1. The van der Waals surface area contributed by atoms with E-state index in [9.17, 15) is 9.59 Å². The topological polar surface area (TPSA) is 63.6 Å². The van der Waals surface area contributed by atoms with E-state index in [2.05, 4.69) is 6.58 Å². The number of rotatable bonds is 5. The van der Waals surface area contributed by atoms with Crippen LogP contribution in [0.4, 0.5) is 0 Å². The normalized spacial score (nSPS) is 13.5. The standard InChI is InChI=1S/C13H14O4/c1-3-11(9(2)12(14)15)17-13(16)10-7-5-4-6-8-10/h3-9,11H,1H2,2H3,(H,14,15)/t9-,11-/m1/s1. The van der Waals surface area contributed by atoms with Gasteiger partial charge in [-0.05, 0) is 19.1 Å². The molecule has 0 spiro atoms. The largest absolute Gasteiger partial charge is 0.481 e. The highest BCUT2D eigenvalue weighted by Crippen LogP contribution is 2.12. The summed E-state index contributed by atoms with van der Waals surface area (Å²) in [5.41, 5.74) is 0.386. The van der Waals surface area contributed by atoms with Gasteiger partial charge in [0.05, 0.1) is 11.5 Å². The molecular weight excluding hydrogens is 220 g/mol. The Bertz CT molecular complexity index is 411. The van der Waals surface area contributed by atoms with Crippen molar-refractivity contribution in [2.75, 3.05) is 0 Å². The first-order valence-corrected chi connectivity index (χ1v) is 5.17. The molecule has 0 aromatic heterocycles. The maximum Gasteiger partial charge on any atom is 0.338 e. The number of hydrogen-bond donors (Lipinski definition) is 1. The molecule has 17 heavy (non-hydrogen) atoms. The van der Waals surface area contributed by atoms with Crippen molar-refractivity contribution in [1.82, 2.24) is 0 Å². The number of hydrogen-bond acceptors (Lipinski definition) is 3. The summed E-state index contributed by atoms with van der Waals surface area (Å²) >= 11 is 0. The van der Waals surface area contributed by atoms with Crippen molar-refractivity contribution >= 4 is 11.9 Å². The van der Waals surface area contributed by atoms with Crippen LogP contribution in [-0.2, 0) is 9.53 Å². The number of carbonyl (C=O) groups is 2. The monoisotopic (exact) mass is 234 g/mol. The van der Waals surface area contributed by atoms with Gasteiger partial charge in [0.15, 0.2) is 0 Å². The first kappa shape index (κ1) is 13.0. The molecule has 2 atom stereocenters. The van der Waals surface area contributed by atoms with Crippen molar-refractivity contribution in [3.63, 3.8) is 0 Å². The first-order valence-electron chi connectivity index (χ1n) is 5.17. The van der Waals surface area contributed by atoms with E-state index < -0.39 is 24.0 Å². The number of carbonyl (C=O) groups excluding carboxylic acids is 1.